The number of carbonyl (C=O) groups excluding carboxylic acids is 2. The number of benzene rings is 2. The average molecular weight is 484 g/mol. The highest BCUT2D eigenvalue weighted by molar-refractivity contribution is 8.00. The minimum atomic E-state index is -3.87. The Morgan fingerprint density at radius 3 is 2.61 bits per heavy atom. The van der Waals surface area contributed by atoms with Crippen molar-refractivity contribution in [3.63, 3.8) is 0 Å². The van der Waals surface area contributed by atoms with E-state index in [1.165, 1.54) is 24.3 Å². The van der Waals surface area contributed by atoms with Gasteiger partial charge in [0, 0.05) is 11.6 Å². The summed E-state index contributed by atoms with van der Waals surface area (Å²) in [6.07, 6.45) is 0. The molecule has 31 heavy (non-hydrogen) atoms. The molecule has 2 amide bonds. The number of thioether (sulfide) groups is 1. The zero-order chi connectivity index (χ0) is 22.4. The third-order valence-electron chi connectivity index (χ3n) is 4.41. The van der Waals surface area contributed by atoms with Crippen molar-refractivity contribution >= 4 is 50.7 Å². The lowest BCUT2D eigenvalue weighted by Crippen LogP contribution is -2.59. The number of carbonyl (C=O) groups is 2. The van der Waals surface area contributed by atoms with E-state index in [1.807, 2.05) is 13.0 Å². The van der Waals surface area contributed by atoms with E-state index in [-0.39, 0.29) is 23.1 Å². The molecular weight excluding hydrogens is 462 g/mol. The minimum Gasteiger partial charge on any atom is -0.492 e. The molecule has 0 aliphatic carbocycles. The van der Waals surface area contributed by atoms with Crippen molar-refractivity contribution in [1.82, 2.24) is 10.6 Å². The van der Waals surface area contributed by atoms with Gasteiger partial charge in [0.05, 0.1) is 22.9 Å². The maximum absolute atomic E-state index is 12.7. The molecular formula is C20H22ClN3O5S2. The molecule has 8 nitrogen and oxygen atoms in total. The lowest BCUT2D eigenvalue weighted by molar-refractivity contribution is -0.122. The Labute approximate surface area is 190 Å². The van der Waals surface area contributed by atoms with Crippen LogP contribution in [-0.4, -0.2) is 49.9 Å². The van der Waals surface area contributed by atoms with Crippen LogP contribution in [0.5, 0.6) is 5.75 Å². The molecule has 1 fully saturated rings. The first kappa shape index (κ1) is 23.4. The van der Waals surface area contributed by atoms with Crippen LogP contribution in [0.15, 0.2) is 53.4 Å². The van der Waals surface area contributed by atoms with E-state index in [0.29, 0.717) is 23.1 Å². The van der Waals surface area contributed by atoms with Gasteiger partial charge < -0.3 is 15.4 Å². The largest absolute Gasteiger partial charge is 0.492 e. The Morgan fingerprint density at radius 1 is 1.23 bits per heavy atom. The smallest absolute Gasteiger partial charge is 0.241 e. The summed E-state index contributed by atoms with van der Waals surface area (Å²) in [4.78, 5) is 24.8. The molecule has 1 heterocycles. The molecule has 0 saturated carbocycles. The Kier molecular flexibility index (Phi) is 7.82. The molecule has 3 N–H and O–H groups in total. The molecule has 2 unspecified atom stereocenters. The maximum atomic E-state index is 12.7. The van der Waals surface area contributed by atoms with E-state index >= 15 is 0 Å². The molecule has 2 atom stereocenters. The lowest BCUT2D eigenvalue weighted by atomic mass is 10.3. The summed E-state index contributed by atoms with van der Waals surface area (Å²) < 4.78 is 31.0. The molecule has 3 rings (SSSR count). The number of ether oxygens (including phenoxy) is 1. The van der Waals surface area contributed by atoms with Gasteiger partial charge in [0.2, 0.25) is 11.8 Å². The number of rotatable bonds is 8. The van der Waals surface area contributed by atoms with Gasteiger partial charge in [-0.15, -0.1) is 11.8 Å². The molecule has 0 spiro atoms. The number of halogens is 1. The number of hydrogen-bond donors (Lipinski definition) is 3. The molecule has 2 aromatic rings. The summed E-state index contributed by atoms with van der Waals surface area (Å²) in [6, 6.07) is 12.8. The first-order valence-electron chi connectivity index (χ1n) is 9.47. The number of sulfone groups is 1. The van der Waals surface area contributed by atoms with Crippen molar-refractivity contribution in [3.8, 4) is 5.75 Å². The predicted octanol–water partition coefficient (Wildman–Crippen LogP) is 2.26. The predicted molar refractivity (Wildman–Crippen MR) is 121 cm³/mol. The topological polar surface area (TPSA) is 114 Å². The molecule has 1 saturated heterocycles. The highest BCUT2D eigenvalue weighted by Crippen LogP contribution is 2.24. The SMILES string of the molecule is CCOc1ccccc1NC(=O)CSC1NCC(S(=O)(=O)c2ccc(Cl)cc2)C(=O)N1. The summed E-state index contributed by atoms with van der Waals surface area (Å²) in [5, 5.41) is 7.48. The van der Waals surface area contributed by atoms with Crippen molar-refractivity contribution < 1.29 is 22.7 Å². The lowest BCUT2D eigenvalue weighted by Gasteiger charge is -2.29. The number of amides is 2. The van der Waals surface area contributed by atoms with E-state index < -0.39 is 26.5 Å². The van der Waals surface area contributed by atoms with Gasteiger partial charge in [-0.3, -0.25) is 14.9 Å². The van der Waals surface area contributed by atoms with E-state index in [2.05, 4.69) is 16.0 Å². The van der Waals surface area contributed by atoms with Crippen LogP contribution < -0.4 is 20.7 Å². The van der Waals surface area contributed by atoms with Crippen LogP contribution in [0.2, 0.25) is 5.02 Å². The van der Waals surface area contributed by atoms with Crippen LogP contribution in [0.3, 0.4) is 0 Å². The second-order valence-corrected chi connectivity index (χ2v) is 10.2. The van der Waals surface area contributed by atoms with Crippen LogP contribution in [-0.2, 0) is 19.4 Å². The fourth-order valence-corrected chi connectivity index (χ4v) is 5.36. The van der Waals surface area contributed by atoms with Crippen LogP contribution in [0.1, 0.15) is 6.92 Å². The van der Waals surface area contributed by atoms with E-state index in [9.17, 15) is 18.0 Å². The van der Waals surface area contributed by atoms with Crippen molar-refractivity contribution in [2.45, 2.75) is 22.6 Å². The van der Waals surface area contributed by atoms with Gasteiger partial charge >= 0.3 is 0 Å². The molecule has 0 bridgehead atoms. The summed E-state index contributed by atoms with van der Waals surface area (Å²) >= 11 is 6.95. The summed E-state index contributed by atoms with van der Waals surface area (Å²) in [5.74, 6) is -0.271. The Morgan fingerprint density at radius 2 is 1.94 bits per heavy atom. The maximum Gasteiger partial charge on any atom is 0.241 e. The van der Waals surface area contributed by atoms with Gasteiger partial charge in [0.15, 0.2) is 15.1 Å². The van der Waals surface area contributed by atoms with E-state index in [0.717, 1.165) is 11.8 Å². The van der Waals surface area contributed by atoms with Crippen molar-refractivity contribution in [1.29, 1.82) is 0 Å². The van der Waals surface area contributed by atoms with Gasteiger partial charge in [-0.2, -0.15) is 0 Å². The normalized spacial score (nSPS) is 18.8. The zero-order valence-corrected chi connectivity index (χ0v) is 19.0. The second-order valence-electron chi connectivity index (χ2n) is 6.57. The van der Waals surface area contributed by atoms with E-state index in [4.69, 9.17) is 16.3 Å². The number of para-hydroxylation sites is 2. The second kappa shape index (κ2) is 10.4. The monoisotopic (exact) mass is 483 g/mol. The number of hydrogen-bond acceptors (Lipinski definition) is 7. The Balaban J connectivity index is 1.54. The van der Waals surface area contributed by atoms with Crippen LogP contribution in [0, 0.1) is 0 Å². The van der Waals surface area contributed by atoms with Crippen molar-refractivity contribution in [2.24, 2.45) is 0 Å². The van der Waals surface area contributed by atoms with Crippen LogP contribution in [0.25, 0.3) is 0 Å². The third kappa shape index (κ3) is 5.91. The fourth-order valence-electron chi connectivity index (χ4n) is 2.92. The van der Waals surface area contributed by atoms with Crippen molar-refractivity contribution in [2.75, 3.05) is 24.2 Å². The van der Waals surface area contributed by atoms with Gasteiger partial charge in [0.25, 0.3) is 0 Å². The first-order chi connectivity index (χ1) is 14.8. The van der Waals surface area contributed by atoms with Gasteiger partial charge in [-0.1, -0.05) is 23.7 Å². The molecule has 0 aromatic heterocycles. The average Bonchev–Trinajstić information content (AvgIpc) is 2.74. The summed E-state index contributed by atoms with van der Waals surface area (Å²) in [6.45, 7) is 2.26. The summed E-state index contributed by atoms with van der Waals surface area (Å²) in [7, 11) is -3.87. The molecule has 11 heteroatoms. The molecule has 2 aromatic carbocycles. The zero-order valence-electron chi connectivity index (χ0n) is 16.6. The van der Waals surface area contributed by atoms with Gasteiger partial charge in [0.1, 0.15) is 11.2 Å². The molecule has 1 aliphatic heterocycles. The van der Waals surface area contributed by atoms with E-state index in [1.54, 1.807) is 18.2 Å². The molecule has 166 valence electrons. The quantitative estimate of drug-likeness (QED) is 0.527. The molecule has 1 aliphatic rings. The van der Waals surface area contributed by atoms with Crippen molar-refractivity contribution in [3.05, 3.63) is 53.6 Å². The first-order valence-corrected chi connectivity index (χ1v) is 12.4. The van der Waals surface area contributed by atoms with Gasteiger partial charge in [-0.05, 0) is 43.3 Å². The third-order valence-corrected chi connectivity index (χ3v) is 7.77. The Hall–Kier alpha value is -2.27. The highest BCUT2D eigenvalue weighted by atomic mass is 35.5. The highest BCUT2D eigenvalue weighted by Gasteiger charge is 2.38. The van der Waals surface area contributed by atoms with Crippen LogP contribution >= 0.6 is 23.4 Å². The fraction of sp³-hybridized carbons (Fsp3) is 0.300. The number of anilines is 1. The van der Waals surface area contributed by atoms with Crippen LogP contribution in [0.4, 0.5) is 5.69 Å². The standard InChI is InChI=1S/C20H22ClN3O5S2/c1-2-29-16-6-4-3-5-15(16)23-18(25)12-30-20-22-11-17(19(26)24-20)31(27,28)14-9-7-13(21)8-10-14/h3-10,17,20,22H,2,11-12H2,1H3,(H,23,25)(H,24,26). The summed E-state index contributed by atoms with van der Waals surface area (Å²) in [5.41, 5.74) is -0.0261. The number of nitrogens with one attached hydrogen (secondary N) is 3. The van der Waals surface area contributed by atoms with Gasteiger partial charge in [-0.25, -0.2) is 8.42 Å². The molecule has 0 radical (unpaired) electrons. The minimum absolute atomic E-state index is 0.0253. The Bertz CT molecular complexity index is 1050.